The topological polar surface area (TPSA) is 89.1 Å². The van der Waals surface area contributed by atoms with Crippen LogP contribution in [0.5, 0.6) is 5.75 Å². The zero-order valence-electron chi connectivity index (χ0n) is 27.4. The summed E-state index contributed by atoms with van der Waals surface area (Å²) in [5, 5.41) is 19.6. The Morgan fingerprint density at radius 2 is 1.67 bits per heavy atom. The summed E-state index contributed by atoms with van der Waals surface area (Å²) >= 11 is 0. The quantitative estimate of drug-likeness (QED) is 0.128. The third kappa shape index (κ3) is 11.1. The van der Waals surface area contributed by atoms with Gasteiger partial charge in [-0.2, -0.15) is 13.2 Å². The number of carbonyl (C=O) groups is 1. The Kier molecular flexibility index (Phi) is 12.5. The smallest absolute Gasteiger partial charge is 0.417 e. The fraction of sp³-hybridized carbons (Fsp3) is 0.583. The van der Waals surface area contributed by atoms with E-state index in [4.69, 9.17) is 19.0 Å². The molecule has 9 heteroatoms. The van der Waals surface area contributed by atoms with E-state index in [9.17, 15) is 23.1 Å². The molecule has 0 saturated carbocycles. The minimum absolute atomic E-state index is 0.0132. The molecule has 2 aromatic carbocycles. The zero-order chi connectivity index (χ0) is 33.4. The van der Waals surface area contributed by atoms with Gasteiger partial charge in [-0.25, -0.2) is 0 Å². The van der Waals surface area contributed by atoms with Crippen molar-refractivity contribution >= 4 is 16.9 Å². The van der Waals surface area contributed by atoms with E-state index < -0.39 is 11.7 Å². The van der Waals surface area contributed by atoms with Crippen LogP contribution in [0.1, 0.15) is 84.8 Å². The fourth-order valence-electron chi connectivity index (χ4n) is 5.32. The van der Waals surface area contributed by atoms with Gasteiger partial charge in [0.1, 0.15) is 17.1 Å². The Morgan fingerprint density at radius 1 is 0.933 bits per heavy atom. The molecule has 0 saturated heterocycles. The lowest BCUT2D eigenvalue weighted by Gasteiger charge is -2.33. The second-order valence-corrected chi connectivity index (χ2v) is 14.2. The molecule has 3 aromatic rings. The molecular weight excluding hydrogens is 585 g/mol. The summed E-state index contributed by atoms with van der Waals surface area (Å²) in [6, 6.07) is 10.8. The molecule has 2 atom stereocenters. The van der Waals surface area contributed by atoms with Gasteiger partial charge in [0.05, 0.1) is 24.7 Å². The number of ether oxygens (including phenoxy) is 2. The number of aliphatic hydroxyl groups is 2. The highest BCUT2D eigenvalue weighted by Crippen LogP contribution is 2.40. The second kappa shape index (κ2) is 15.5. The first kappa shape index (κ1) is 36.4. The number of alkyl halides is 3. The van der Waals surface area contributed by atoms with Crippen LogP contribution in [0.3, 0.4) is 0 Å². The van der Waals surface area contributed by atoms with Crippen LogP contribution in [0.4, 0.5) is 13.2 Å². The first-order valence-electron chi connectivity index (χ1n) is 15.8. The molecule has 6 nitrogen and oxygen atoms in total. The largest absolute Gasteiger partial charge is 0.493 e. The average Bonchev–Trinajstić information content (AvgIpc) is 3.38. The molecule has 1 heterocycles. The molecule has 0 aliphatic heterocycles. The zero-order valence-corrected chi connectivity index (χ0v) is 27.4. The van der Waals surface area contributed by atoms with Crippen molar-refractivity contribution in [1.29, 1.82) is 0 Å². The number of rotatable bonds is 15. The lowest BCUT2D eigenvalue weighted by Crippen LogP contribution is -2.33. The van der Waals surface area contributed by atoms with Crippen LogP contribution >= 0.6 is 0 Å². The standard InChI is InChI=1S/C36H49F3O6/c1-34(2,3)21-30(35(4,5)6)33(42)43-17-8-7-10-25(22-41)23-44-27-14-13-26-19-32(45-31(26)20-27)28-15-12-24(11-9-16-40)18-29(28)36(37,38)39/h12-15,18-20,25,30,40-41H,7-11,16-17,21-23H2,1-6H3. The molecule has 1 aromatic heterocycles. The molecule has 0 radical (unpaired) electrons. The van der Waals surface area contributed by atoms with Crippen LogP contribution in [0.2, 0.25) is 0 Å². The van der Waals surface area contributed by atoms with Crippen LogP contribution in [0.25, 0.3) is 22.3 Å². The molecule has 2 N–H and O–H groups in total. The molecule has 45 heavy (non-hydrogen) atoms. The van der Waals surface area contributed by atoms with Crippen molar-refractivity contribution in [3.8, 4) is 17.1 Å². The number of carbonyl (C=O) groups excluding carboxylic acids is 1. The van der Waals surface area contributed by atoms with E-state index in [0.717, 1.165) is 18.9 Å². The number of aliphatic hydroxyl groups excluding tert-OH is 2. The summed E-state index contributed by atoms with van der Waals surface area (Å²) in [5.74, 6) is 0.0991. The van der Waals surface area contributed by atoms with Crippen molar-refractivity contribution in [2.75, 3.05) is 26.4 Å². The Balaban J connectivity index is 1.56. The maximum absolute atomic E-state index is 13.9. The fourth-order valence-corrected chi connectivity index (χ4v) is 5.32. The summed E-state index contributed by atoms with van der Waals surface area (Å²) in [4.78, 5) is 12.8. The summed E-state index contributed by atoms with van der Waals surface area (Å²) in [5.41, 5.74) is -0.128. The number of benzene rings is 2. The maximum atomic E-state index is 13.9. The summed E-state index contributed by atoms with van der Waals surface area (Å²) in [6.45, 7) is 13.0. The van der Waals surface area contributed by atoms with E-state index in [1.165, 1.54) is 6.07 Å². The van der Waals surface area contributed by atoms with Crippen LogP contribution < -0.4 is 4.74 Å². The van der Waals surface area contributed by atoms with Crippen molar-refractivity contribution in [3.63, 3.8) is 0 Å². The SMILES string of the molecule is CC(C)(C)CC(C(=O)OCCCCC(CO)COc1ccc2cc(-c3ccc(CCCO)cc3C(F)(F)F)oc2c1)C(C)(C)C. The maximum Gasteiger partial charge on any atom is 0.417 e. The van der Waals surface area contributed by atoms with Gasteiger partial charge in [0, 0.05) is 36.1 Å². The van der Waals surface area contributed by atoms with Crippen molar-refractivity contribution in [2.45, 2.75) is 86.2 Å². The third-order valence-corrected chi connectivity index (χ3v) is 7.91. The summed E-state index contributed by atoms with van der Waals surface area (Å²) in [7, 11) is 0. The number of esters is 1. The number of fused-ring (bicyclic) bond motifs is 1. The summed E-state index contributed by atoms with van der Waals surface area (Å²) < 4.78 is 59.1. The number of hydrogen-bond acceptors (Lipinski definition) is 6. The molecule has 0 aliphatic carbocycles. The molecule has 0 fully saturated rings. The lowest BCUT2D eigenvalue weighted by molar-refractivity contribution is -0.154. The van der Waals surface area contributed by atoms with Crippen molar-refractivity contribution in [1.82, 2.24) is 0 Å². The Labute approximate surface area is 264 Å². The third-order valence-electron chi connectivity index (χ3n) is 7.91. The predicted octanol–water partition coefficient (Wildman–Crippen LogP) is 8.84. The van der Waals surface area contributed by atoms with E-state index in [1.807, 2.05) is 0 Å². The Hall–Kier alpha value is -3.04. The molecule has 2 unspecified atom stereocenters. The van der Waals surface area contributed by atoms with Gasteiger partial charge in [-0.05, 0) is 79.2 Å². The normalized spacial score (nSPS) is 14.0. The first-order chi connectivity index (χ1) is 21.0. The highest BCUT2D eigenvalue weighted by atomic mass is 19.4. The average molecular weight is 635 g/mol. The van der Waals surface area contributed by atoms with E-state index in [0.29, 0.717) is 54.6 Å². The highest BCUT2D eigenvalue weighted by Gasteiger charge is 2.36. The van der Waals surface area contributed by atoms with Gasteiger partial charge in [0.25, 0.3) is 0 Å². The highest BCUT2D eigenvalue weighted by molar-refractivity contribution is 5.84. The van der Waals surface area contributed by atoms with Crippen molar-refractivity contribution < 1.29 is 42.1 Å². The predicted molar refractivity (Wildman–Crippen MR) is 170 cm³/mol. The van der Waals surface area contributed by atoms with E-state index in [-0.39, 0.29) is 59.8 Å². The molecule has 3 rings (SSSR count). The Morgan fingerprint density at radius 3 is 2.29 bits per heavy atom. The second-order valence-electron chi connectivity index (χ2n) is 14.2. The van der Waals surface area contributed by atoms with E-state index >= 15 is 0 Å². The van der Waals surface area contributed by atoms with Crippen molar-refractivity contribution in [3.05, 3.63) is 53.6 Å². The number of aryl methyl sites for hydroxylation is 1. The van der Waals surface area contributed by atoms with Gasteiger partial charge in [-0.3, -0.25) is 4.79 Å². The van der Waals surface area contributed by atoms with Crippen LogP contribution in [0, 0.1) is 22.7 Å². The molecule has 0 bridgehead atoms. The molecule has 0 amide bonds. The van der Waals surface area contributed by atoms with Crippen LogP contribution in [0.15, 0.2) is 46.9 Å². The number of hydrogen-bond donors (Lipinski definition) is 2. The lowest BCUT2D eigenvalue weighted by atomic mass is 9.72. The monoisotopic (exact) mass is 634 g/mol. The van der Waals surface area contributed by atoms with Crippen LogP contribution in [-0.2, 0) is 22.1 Å². The van der Waals surface area contributed by atoms with Gasteiger partial charge >= 0.3 is 12.1 Å². The van der Waals surface area contributed by atoms with E-state index in [2.05, 4.69) is 41.5 Å². The number of furan rings is 1. The van der Waals surface area contributed by atoms with Crippen LogP contribution in [-0.4, -0.2) is 42.6 Å². The van der Waals surface area contributed by atoms with Gasteiger partial charge in [0.2, 0.25) is 0 Å². The van der Waals surface area contributed by atoms with Gasteiger partial charge in [-0.15, -0.1) is 0 Å². The van der Waals surface area contributed by atoms with E-state index in [1.54, 1.807) is 30.3 Å². The minimum Gasteiger partial charge on any atom is -0.493 e. The molecular formula is C36H49F3O6. The first-order valence-corrected chi connectivity index (χ1v) is 15.8. The minimum atomic E-state index is -4.57. The van der Waals surface area contributed by atoms with Gasteiger partial charge < -0.3 is 24.1 Å². The van der Waals surface area contributed by atoms with Crippen molar-refractivity contribution in [2.24, 2.45) is 22.7 Å². The Bertz CT molecular complexity index is 1380. The number of halogens is 3. The molecule has 250 valence electrons. The molecule has 0 spiro atoms. The van der Waals surface area contributed by atoms with Gasteiger partial charge in [0.15, 0.2) is 0 Å². The van der Waals surface area contributed by atoms with Gasteiger partial charge in [-0.1, -0.05) is 53.7 Å². The number of unbranched alkanes of at least 4 members (excludes halogenated alkanes) is 1. The molecule has 0 aliphatic rings. The summed E-state index contributed by atoms with van der Waals surface area (Å²) in [6.07, 6.45) is -0.982.